The Morgan fingerprint density at radius 1 is 1.58 bits per heavy atom. The molecule has 2 N–H and O–H groups in total. The smallest absolute Gasteiger partial charge is 0.326 e. The molecule has 0 atom stereocenters. The average Bonchev–Trinajstić information content (AvgIpc) is 2.00. The first-order valence-electron chi connectivity index (χ1n) is 3.70. The number of urea groups is 1. The minimum atomic E-state index is -0.614. The fraction of sp³-hybridized carbons (Fsp3) is 0.714. The highest BCUT2D eigenvalue weighted by Gasteiger charge is 2.39. The van der Waals surface area contributed by atoms with Gasteiger partial charge < -0.3 is 10.4 Å². The minimum absolute atomic E-state index is 0.321. The fourth-order valence-corrected chi connectivity index (χ4v) is 1.05. The molecule has 0 aromatic rings. The van der Waals surface area contributed by atoms with Crippen LogP contribution in [0.25, 0.3) is 0 Å². The molecule has 5 heteroatoms. The van der Waals surface area contributed by atoms with E-state index in [9.17, 15) is 9.59 Å². The molecule has 0 bridgehead atoms. The van der Waals surface area contributed by atoms with Crippen molar-refractivity contribution < 1.29 is 14.7 Å². The van der Waals surface area contributed by atoms with Gasteiger partial charge in [-0.3, -0.25) is 4.79 Å². The number of imide groups is 1. The van der Waals surface area contributed by atoms with Crippen LogP contribution in [0.2, 0.25) is 0 Å². The number of rotatable bonds is 1. The zero-order chi connectivity index (χ0) is 9.35. The molecule has 1 aliphatic heterocycles. The van der Waals surface area contributed by atoms with Gasteiger partial charge in [0.25, 0.3) is 0 Å². The summed E-state index contributed by atoms with van der Waals surface area (Å²) in [6.45, 7) is 3.20. The molecule has 1 fully saturated rings. The van der Waals surface area contributed by atoms with E-state index in [1.54, 1.807) is 13.8 Å². The lowest BCUT2D eigenvalue weighted by molar-refractivity contribution is -0.141. The molecule has 1 rings (SSSR count). The van der Waals surface area contributed by atoms with Crippen molar-refractivity contribution in [2.75, 3.05) is 13.3 Å². The molecular formula is C7H12N2O3. The van der Waals surface area contributed by atoms with Gasteiger partial charge in [-0.05, 0) is 13.8 Å². The van der Waals surface area contributed by atoms with Gasteiger partial charge in [-0.15, -0.1) is 0 Å². The van der Waals surface area contributed by atoms with Crippen molar-refractivity contribution in [3.63, 3.8) is 0 Å². The Kier molecular flexibility index (Phi) is 2.06. The molecule has 0 spiro atoms. The predicted molar refractivity (Wildman–Crippen MR) is 41.1 cm³/mol. The minimum Gasteiger partial charge on any atom is -0.376 e. The summed E-state index contributed by atoms with van der Waals surface area (Å²) in [5.41, 5.74) is -0.614. The lowest BCUT2D eigenvalue weighted by Gasteiger charge is -2.34. The maximum atomic E-state index is 11.4. The molecule has 12 heavy (non-hydrogen) atoms. The second-order valence-corrected chi connectivity index (χ2v) is 3.42. The van der Waals surface area contributed by atoms with E-state index in [0.29, 0.717) is 6.54 Å². The van der Waals surface area contributed by atoms with E-state index in [1.165, 1.54) is 0 Å². The molecule has 0 aliphatic carbocycles. The van der Waals surface area contributed by atoms with Crippen molar-refractivity contribution >= 4 is 11.9 Å². The summed E-state index contributed by atoms with van der Waals surface area (Å²) in [5, 5.41) is 11.2. The summed E-state index contributed by atoms with van der Waals surface area (Å²) in [6.07, 6.45) is 0. The highest BCUT2D eigenvalue weighted by Crippen LogP contribution is 2.20. The van der Waals surface area contributed by atoms with Crippen molar-refractivity contribution in [1.29, 1.82) is 0 Å². The van der Waals surface area contributed by atoms with Crippen LogP contribution in [0.3, 0.4) is 0 Å². The molecular weight excluding hydrogens is 160 g/mol. The van der Waals surface area contributed by atoms with Gasteiger partial charge in [0.1, 0.15) is 6.73 Å². The van der Waals surface area contributed by atoms with Crippen LogP contribution in [-0.2, 0) is 4.79 Å². The normalized spacial score (nSPS) is 22.4. The van der Waals surface area contributed by atoms with Gasteiger partial charge in [-0.25, -0.2) is 9.69 Å². The molecule has 1 saturated heterocycles. The van der Waals surface area contributed by atoms with E-state index >= 15 is 0 Å². The Morgan fingerprint density at radius 3 is 2.58 bits per heavy atom. The topological polar surface area (TPSA) is 69.6 Å². The van der Waals surface area contributed by atoms with Gasteiger partial charge in [0.05, 0.1) is 5.41 Å². The fourth-order valence-electron chi connectivity index (χ4n) is 1.05. The Bertz CT molecular complexity index is 225. The maximum absolute atomic E-state index is 11.4. The van der Waals surface area contributed by atoms with E-state index < -0.39 is 18.2 Å². The summed E-state index contributed by atoms with van der Waals surface area (Å²) in [5.74, 6) is -0.339. The second-order valence-electron chi connectivity index (χ2n) is 3.42. The second kappa shape index (κ2) is 2.75. The van der Waals surface area contributed by atoms with E-state index in [2.05, 4.69) is 5.32 Å². The van der Waals surface area contributed by atoms with Crippen LogP contribution in [0, 0.1) is 5.41 Å². The number of nitrogens with zero attached hydrogens (tertiary/aromatic N) is 1. The number of hydrogen-bond acceptors (Lipinski definition) is 3. The van der Waals surface area contributed by atoms with Crippen molar-refractivity contribution in [3.05, 3.63) is 0 Å². The molecule has 0 radical (unpaired) electrons. The van der Waals surface area contributed by atoms with Gasteiger partial charge >= 0.3 is 6.03 Å². The van der Waals surface area contributed by atoms with Crippen molar-refractivity contribution in [1.82, 2.24) is 10.2 Å². The van der Waals surface area contributed by atoms with Crippen LogP contribution in [0.1, 0.15) is 13.8 Å². The highest BCUT2D eigenvalue weighted by atomic mass is 16.3. The highest BCUT2D eigenvalue weighted by molar-refractivity contribution is 5.99. The summed E-state index contributed by atoms with van der Waals surface area (Å²) >= 11 is 0. The predicted octanol–water partition coefficient (Wildman–Crippen LogP) is -0.486. The van der Waals surface area contributed by atoms with E-state index in [0.717, 1.165) is 4.90 Å². The number of amides is 3. The number of carbonyl (C=O) groups excluding carboxylic acids is 2. The van der Waals surface area contributed by atoms with Gasteiger partial charge in [-0.1, -0.05) is 0 Å². The Balaban J connectivity index is 2.85. The summed E-state index contributed by atoms with van der Waals surface area (Å²) < 4.78 is 0. The first kappa shape index (κ1) is 8.99. The van der Waals surface area contributed by atoms with Crippen LogP contribution >= 0.6 is 0 Å². The van der Waals surface area contributed by atoms with Crippen LogP contribution in [0.4, 0.5) is 4.79 Å². The largest absolute Gasteiger partial charge is 0.376 e. The molecule has 1 heterocycles. The number of aliphatic hydroxyl groups excluding tert-OH is 1. The molecule has 5 nitrogen and oxygen atoms in total. The van der Waals surface area contributed by atoms with Crippen LogP contribution in [-0.4, -0.2) is 35.2 Å². The quantitative estimate of drug-likeness (QED) is 0.561. The Labute approximate surface area is 70.4 Å². The van der Waals surface area contributed by atoms with Gasteiger partial charge in [0.2, 0.25) is 5.91 Å². The van der Waals surface area contributed by atoms with Crippen LogP contribution in [0.15, 0.2) is 0 Å². The SMILES string of the molecule is CC1(C)CNC(=O)N(CO)C1=O. The Hall–Kier alpha value is -1.10. The zero-order valence-corrected chi connectivity index (χ0v) is 7.13. The summed E-state index contributed by atoms with van der Waals surface area (Å²) in [4.78, 5) is 23.1. The van der Waals surface area contributed by atoms with E-state index in [1.807, 2.05) is 0 Å². The van der Waals surface area contributed by atoms with E-state index in [4.69, 9.17) is 5.11 Å². The Morgan fingerprint density at radius 2 is 2.17 bits per heavy atom. The molecule has 0 unspecified atom stereocenters. The van der Waals surface area contributed by atoms with Gasteiger partial charge in [0, 0.05) is 6.54 Å². The summed E-state index contributed by atoms with van der Waals surface area (Å²) in [7, 11) is 0. The average molecular weight is 172 g/mol. The third kappa shape index (κ3) is 1.27. The molecule has 68 valence electrons. The standard InChI is InChI=1S/C7H12N2O3/c1-7(2)3-8-6(12)9(4-10)5(7)11/h10H,3-4H2,1-2H3,(H,8,12). The van der Waals surface area contributed by atoms with Crippen LogP contribution < -0.4 is 5.32 Å². The van der Waals surface area contributed by atoms with Crippen molar-refractivity contribution in [2.24, 2.45) is 5.41 Å². The first-order valence-corrected chi connectivity index (χ1v) is 3.70. The van der Waals surface area contributed by atoms with Crippen molar-refractivity contribution in [3.8, 4) is 0 Å². The van der Waals surface area contributed by atoms with Gasteiger partial charge in [-0.2, -0.15) is 0 Å². The third-order valence-electron chi connectivity index (χ3n) is 1.89. The lowest BCUT2D eigenvalue weighted by atomic mass is 9.90. The zero-order valence-electron chi connectivity index (χ0n) is 7.13. The molecule has 0 aromatic heterocycles. The molecule has 0 saturated carbocycles. The van der Waals surface area contributed by atoms with Crippen LogP contribution in [0.5, 0.6) is 0 Å². The van der Waals surface area contributed by atoms with E-state index in [-0.39, 0.29) is 5.91 Å². The van der Waals surface area contributed by atoms with Crippen molar-refractivity contribution in [2.45, 2.75) is 13.8 Å². The molecule has 0 aromatic carbocycles. The van der Waals surface area contributed by atoms with Gasteiger partial charge in [0.15, 0.2) is 0 Å². The third-order valence-corrected chi connectivity index (χ3v) is 1.89. The number of carbonyl (C=O) groups is 2. The molecule has 3 amide bonds. The molecule has 1 aliphatic rings. The number of aliphatic hydroxyl groups is 1. The summed E-state index contributed by atoms with van der Waals surface area (Å²) in [6, 6.07) is -0.526. The number of hydrogen-bond donors (Lipinski definition) is 2. The first-order chi connectivity index (χ1) is 5.49. The maximum Gasteiger partial charge on any atom is 0.326 e. The monoisotopic (exact) mass is 172 g/mol. The lowest BCUT2D eigenvalue weighted by Crippen LogP contribution is -2.58. The number of nitrogens with one attached hydrogen (secondary N) is 1.